The van der Waals surface area contributed by atoms with Crippen LogP contribution >= 0.6 is 0 Å². The molecule has 0 spiro atoms. The van der Waals surface area contributed by atoms with Gasteiger partial charge in [0.25, 0.3) is 5.91 Å². The quantitative estimate of drug-likeness (QED) is 0.916. The van der Waals surface area contributed by atoms with Crippen molar-refractivity contribution in [3.63, 3.8) is 0 Å². The largest absolute Gasteiger partial charge is 0.378 e. The maximum absolute atomic E-state index is 12.5. The number of nitrogens with zero attached hydrogens (tertiary/aromatic N) is 2. The zero-order chi connectivity index (χ0) is 15.9. The average molecular weight is 311 g/mol. The predicted molar refractivity (Wildman–Crippen MR) is 89.7 cm³/mol. The summed E-state index contributed by atoms with van der Waals surface area (Å²) in [5.74, 6) is 0.670. The van der Waals surface area contributed by atoms with Crippen molar-refractivity contribution in [2.75, 3.05) is 37.7 Å². The number of carbonyl (C=O) groups excluding carboxylic acids is 1. The van der Waals surface area contributed by atoms with E-state index in [1.54, 1.807) is 12.3 Å². The fourth-order valence-electron chi connectivity index (χ4n) is 2.66. The average Bonchev–Trinajstić information content (AvgIpc) is 2.63. The second kappa shape index (κ2) is 7.74. The van der Waals surface area contributed by atoms with Gasteiger partial charge in [0.05, 0.1) is 18.8 Å². The fraction of sp³-hybridized carbons (Fsp3) is 0.333. The zero-order valence-corrected chi connectivity index (χ0v) is 13.1. The van der Waals surface area contributed by atoms with E-state index in [0.717, 1.165) is 25.3 Å². The highest BCUT2D eigenvalue weighted by Crippen LogP contribution is 2.18. The SMILES string of the molecule is O=C(NCCc1ccccc1)c1cccnc1N1CCOCC1. The molecule has 1 aromatic heterocycles. The summed E-state index contributed by atoms with van der Waals surface area (Å²) in [6.45, 7) is 3.49. The van der Waals surface area contributed by atoms with E-state index in [2.05, 4.69) is 27.3 Å². The van der Waals surface area contributed by atoms with Crippen molar-refractivity contribution >= 4 is 11.7 Å². The lowest BCUT2D eigenvalue weighted by Crippen LogP contribution is -2.38. The molecule has 5 heteroatoms. The van der Waals surface area contributed by atoms with Gasteiger partial charge in [-0.1, -0.05) is 30.3 Å². The fourth-order valence-corrected chi connectivity index (χ4v) is 2.66. The second-order valence-electron chi connectivity index (χ2n) is 5.47. The van der Waals surface area contributed by atoms with Crippen LogP contribution in [0.5, 0.6) is 0 Å². The molecule has 0 bridgehead atoms. The van der Waals surface area contributed by atoms with E-state index in [4.69, 9.17) is 4.74 Å². The van der Waals surface area contributed by atoms with E-state index >= 15 is 0 Å². The summed E-state index contributed by atoms with van der Waals surface area (Å²) in [7, 11) is 0. The van der Waals surface area contributed by atoms with Gasteiger partial charge < -0.3 is 15.0 Å². The Labute approximate surface area is 136 Å². The van der Waals surface area contributed by atoms with Crippen LogP contribution in [0.3, 0.4) is 0 Å². The van der Waals surface area contributed by atoms with E-state index in [-0.39, 0.29) is 5.91 Å². The van der Waals surface area contributed by atoms with Crippen LogP contribution in [-0.4, -0.2) is 43.7 Å². The molecule has 5 nitrogen and oxygen atoms in total. The summed E-state index contributed by atoms with van der Waals surface area (Å²) < 4.78 is 5.37. The number of aromatic nitrogens is 1. The highest BCUT2D eigenvalue weighted by molar-refractivity contribution is 5.98. The van der Waals surface area contributed by atoms with Crippen molar-refractivity contribution in [3.05, 3.63) is 59.8 Å². The van der Waals surface area contributed by atoms with E-state index < -0.39 is 0 Å². The van der Waals surface area contributed by atoms with Crippen LogP contribution in [0.2, 0.25) is 0 Å². The summed E-state index contributed by atoms with van der Waals surface area (Å²) in [6.07, 6.45) is 2.55. The van der Waals surface area contributed by atoms with Gasteiger partial charge in [0.2, 0.25) is 0 Å². The lowest BCUT2D eigenvalue weighted by molar-refractivity contribution is 0.0952. The van der Waals surface area contributed by atoms with Gasteiger partial charge in [-0.25, -0.2) is 4.98 Å². The number of anilines is 1. The molecule has 0 saturated carbocycles. The minimum Gasteiger partial charge on any atom is -0.378 e. The lowest BCUT2D eigenvalue weighted by atomic mass is 10.1. The first-order valence-electron chi connectivity index (χ1n) is 7.94. The highest BCUT2D eigenvalue weighted by atomic mass is 16.5. The summed E-state index contributed by atoms with van der Waals surface area (Å²) in [5, 5.41) is 2.99. The molecule has 0 aliphatic carbocycles. The van der Waals surface area contributed by atoms with Crippen molar-refractivity contribution in [2.45, 2.75) is 6.42 Å². The number of ether oxygens (including phenoxy) is 1. The molecule has 2 heterocycles. The normalized spacial score (nSPS) is 14.5. The van der Waals surface area contributed by atoms with Gasteiger partial charge in [-0.05, 0) is 24.1 Å². The van der Waals surface area contributed by atoms with E-state index in [0.29, 0.717) is 25.3 Å². The van der Waals surface area contributed by atoms with Gasteiger partial charge in [0, 0.05) is 25.8 Å². The van der Waals surface area contributed by atoms with Gasteiger partial charge in [-0.15, -0.1) is 0 Å². The van der Waals surface area contributed by atoms with Crippen LogP contribution in [0.1, 0.15) is 15.9 Å². The third-order valence-corrected chi connectivity index (χ3v) is 3.88. The zero-order valence-electron chi connectivity index (χ0n) is 13.1. The molecule has 0 radical (unpaired) electrons. The van der Waals surface area contributed by atoms with Crippen LogP contribution in [0.15, 0.2) is 48.7 Å². The van der Waals surface area contributed by atoms with Gasteiger partial charge in [-0.2, -0.15) is 0 Å². The Morgan fingerprint density at radius 1 is 1.13 bits per heavy atom. The van der Waals surface area contributed by atoms with Crippen molar-refractivity contribution in [1.29, 1.82) is 0 Å². The maximum Gasteiger partial charge on any atom is 0.255 e. The number of benzene rings is 1. The predicted octanol–water partition coefficient (Wildman–Crippen LogP) is 1.89. The minimum absolute atomic E-state index is 0.0736. The van der Waals surface area contributed by atoms with E-state index in [1.807, 2.05) is 24.3 Å². The van der Waals surface area contributed by atoms with Crippen LogP contribution < -0.4 is 10.2 Å². The number of rotatable bonds is 5. The van der Waals surface area contributed by atoms with Gasteiger partial charge >= 0.3 is 0 Å². The summed E-state index contributed by atoms with van der Waals surface area (Å²) in [5.41, 5.74) is 1.84. The van der Waals surface area contributed by atoms with Crippen molar-refractivity contribution < 1.29 is 9.53 Å². The molecular formula is C18H21N3O2. The van der Waals surface area contributed by atoms with Crippen molar-refractivity contribution in [3.8, 4) is 0 Å². The molecule has 0 unspecified atom stereocenters. The number of hydrogen-bond donors (Lipinski definition) is 1. The number of nitrogens with one attached hydrogen (secondary N) is 1. The Bertz CT molecular complexity index is 640. The van der Waals surface area contributed by atoms with Crippen molar-refractivity contribution in [2.24, 2.45) is 0 Å². The molecule has 1 saturated heterocycles. The Balaban J connectivity index is 1.62. The van der Waals surface area contributed by atoms with Crippen molar-refractivity contribution in [1.82, 2.24) is 10.3 Å². The number of amides is 1. The Morgan fingerprint density at radius 3 is 2.70 bits per heavy atom. The van der Waals surface area contributed by atoms with Crippen LogP contribution in [0.4, 0.5) is 5.82 Å². The number of pyridine rings is 1. The van der Waals surface area contributed by atoms with Gasteiger partial charge in [0.1, 0.15) is 5.82 Å². The third-order valence-electron chi connectivity index (χ3n) is 3.88. The van der Waals surface area contributed by atoms with E-state index in [1.165, 1.54) is 5.56 Å². The standard InChI is InChI=1S/C18H21N3O2/c22-18(20-10-8-15-5-2-1-3-6-15)16-7-4-9-19-17(16)21-11-13-23-14-12-21/h1-7,9H,8,10-14H2,(H,20,22). The molecule has 1 amide bonds. The highest BCUT2D eigenvalue weighted by Gasteiger charge is 2.19. The molecule has 1 aliphatic rings. The minimum atomic E-state index is -0.0736. The number of morpholine rings is 1. The maximum atomic E-state index is 12.5. The molecule has 1 N–H and O–H groups in total. The Morgan fingerprint density at radius 2 is 1.91 bits per heavy atom. The van der Waals surface area contributed by atoms with Crippen LogP contribution in [-0.2, 0) is 11.2 Å². The summed E-state index contributed by atoms with van der Waals surface area (Å²) >= 11 is 0. The summed E-state index contributed by atoms with van der Waals surface area (Å²) in [6, 6.07) is 13.8. The van der Waals surface area contributed by atoms with Gasteiger partial charge in [0.15, 0.2) is 0 Å². The Hall–Kier alpha value is -2.40. The molecule has 1 aromatic carbocycles. The first kappa shape index (κ1) is 15.5. The van der Waals surface area contributed by atoms with Gasteiger partial charge in [-0.3, -0.25) is 4.79 Å². The molecule has 1 fully saturated rings. The molecule has 120 valence electrons. The summed E-state index contributed by atoms with van der Waals surface area (Å²) in [4.78, 5) is 19.0. The molecule has 0 atom stereocenters. The molecule has 3 rings (SSSR count). The number of carbonyl (C=O) groups is 1. The molecule has 1 aliphatic heterocycles. The molecular weight excluding hydrogens is 290 g/mol. The number of hydrogen-bond acceptors (Lipinski definition) is 4. The third kappa shape index (κ3) is 4.07. The first-order valence-corrected chi connectivity index (χ1v) is 7.94. The molecule has 2 aromatic rings. The first-order chi connectivity index (χ1) is 11.3. The topological polar surface area (TPSA) is 54.5 Å². The van der Waals surface area contributed by atoms with Crippen LogP contribution in [0, 0.1) is 0 Å². The second-order valence-corrected chi connectivity index (χ2v) is 5.47. The van der Waals surface area contributed by atoms with E-state index in [9.17, 15) is 4.79 Å². The monoisotopic (exact) mass is 311 g/mol. The molecule has 23 heavy (non-hydrogen) atoms. The Kier molecular flexibility index (Phi) is 5.21. The lowest BCUT2D eigenvalue weighted by Gasteiger charge is -2.29. The smallest absolute Gasteiger partial charge is 0.255 e. The van der Waals surface area contributed by atoms with Crippen LogP contribution in [0.25, 0.3) is 0 Å².